The number of aliphatic hydroxyl groups excluding tert-OH is 2. The van der Waals surface area contributed by atoms with Gasteiger partial charge in [0, 0.05) is 41.6 Å². The predicted octanol–water partition coefficient (Wildman–Crippen LogP) is 5.24. The van der Waals surface area contributed by atoms with Crippen molar-refractivity contribution in [1.82, 2.24) is 0 Å². The molecule has 6 atom stereocenters. The van der Waals surface area contributed by atoms with Gasteiger partial charge in [-0.25, -0.2) is 0 Å². The summed E-state index contributed by atoms with van der Waals surface area (Å²) in [6.07, 6.45) is 1.18. The Morgan fingerprint density at radius 2 is 1.58 bits per heavy atom. The van der Waals surface area contributed by atoms with Gasteiger partial charge in [0.05, 0.1) is 5.56 Å². The molecule has 4 rings (SSSR count). The van der Waals surface area contributed by atoms with E-state index < -0.39 is 74.5 Å². The van der Waals surface area contributed by atoms with Crippen molar-refractivity contribution in [2.45, 2.75) is 92.1 Å². The van der Waals surface area contributed by atoms with Crippen LogP contribution in [0.1, 0.15) is 102 Å². The Hall–Kier alpha value is -3.59. The quantitative estimate of drug-likeness (QED) is 0.221. The fourth-order valence-electron chi connectivity index (χ4n) is 8.55. The fraction of sp³-hybridized carbons (Fsp3) is 0.559. The molecule has 9 nitrogen and oxygen atoms in total. The number of phenolic OH excluding ortho intramolecular Hbond substituents is 1. The van der Waals surface area contributed by atoms with E-state index in [2.05, 4.69) is 0 Å². The van der Waals surface area contributed by atoms with Gasteiger partial charge in [0.15, 0.2) is 17.2 Å². The molecule has 0 aromatic heterocycles. The van der Waals surface area contributed by atoms with Gasteiger partial charge in [-0.1, -0.05) is 46.8 Å². The highest BCUT2D eigenvalue weighted by atomic mass is 16.4. The third-order valence-electron chi connectivity index (χ3n) is 10.7. The second-order valence-electron chi connectivity index (χ2n) is 13.4. The number of fused-ring (bicyclic) bond motifs is 3. The molecule has 0 bridgehead atoms. The average Bonchev–Trinajstić information content (AvgIpc) is 2.90. The van der Waals surface area contributed by atoms with Crippen molar-refractivity contribution in [2.75, 3.05) is 0 Å². The molecule has 232 valence electrons. The molecule has 3 aliphatic rings. The summed E-state index contributed by atoms with van der Waals surface area (Å²) in [7, 11) is 0. The number of hydrogen-bond donors (Lipinski definition) is 4. The molecular weight excluding hydrogens is 552 g/mol. The lowest BCUT2D eigenvalue weighted by Gasteiger charge is -2.65. The zero-order chi connectivity index (χ0) is 32.4. The topological polar surface area (TPSA) is 166 Å². The number of allylic oxidation sites excluding steroid dienone is 2. The monoisotopic (exact) mass is 594 g/mol. The Balaban J connectivity index is 2.06. The third-order valence-corrected chi connectivity index (χ3v) is 10.7. The van der Waals surface area contributed by atoms with Gasteiger partial charge in [-0.15, -0.1) is 0 Å². The molecule has 0 aliphatic heterocycles. The number of aromatic hydroxyl groups is 1. The molecule has 0 heterocycles. The van der Waals surface area contributed by atoms with Crippen LogP contribution in [0.25, 0.3) is 0 Å². The minimum absolute atomic E-state index is 0.00978. The van der Waals surface area contributed by atoms with Crippen molar-refractivity contribution in [3.8, 4) is 5.75 Å². The van der Waals surface area contributed by atoms with Gasteiger partial charge in [0.1, 0.15) is 34.4 Å². The Bertz CT molecular complexity index is 1500. The zero-order valence-corrected chi connectivity index (χ0v) is 25.9. The number of Topliss-reactive ketones (excluding diaryl/α,β-unsaturated/α-hetero) is 5. The van der Waals surface area contributed by atoms with Crippen LogP contribution < -0.4 is 0 Å². The number of carbonyl (C=O) groups is 5. The van der Waals surface area contributed by atoms with Crippen LogP contribution in [0.15, 0.2) is 40.9 Å². The van der Waals surface area contributed by atoms with E-state index >= 15 is 0 Å². The molecule has 0 saturated heterocycles. The third kappa shape index (κ3) is 4.33. The van der Waals surface area contributed by atoms with Crippen LogP contribution in [-0.2, 0) is 19.2 Å². The second-order valence-corrected chi connectivity index (χ2v) is 13.4. The molecule has 1 unspecified atom stereocenters. The number of ketones is 5. The number of unbranched alkanes of at least 4 members (excludes halogenated alkanes) is 1. The van der Waals surface area contributed by atoms with E-state index in [-0.39, 0.29) is 41.3 Å². The Kier molecular flexibility index (Phi) is 8.15. The summed E-state index contributed by atoms with van der Waals surface area (Å²) >= 11 is 0. The van der Waals surface area contributed by atoms with Crippen molar-refractivity contribution in [3.63, 3.8) is 0 Å². The zero-order valence-electron chi connectivity index (χ0n) is 25.9. The van der Waals surface area contributed by atoms with Crippen LogP contribution >= 0.6 is 0 Å². The summed E-state index contributed by atoms with van der Waals surface area (Å²) in [4.78, 5) is 66.2. The highest BCUT2D eigenvalue weighted by Crippen LogP contribution is 2.71. The summed E-state index contributed by atoms with van der Waals surface area (Å²) in [5.74, 6) is -7.90. The summed E-state index contributed by atoms with van der Waals surface area (Å²) in [5, 5.41) is 46.8. The molecule has 1 aromatic carbocycles. The number of benzene rings is 1. The summed E-state index contributed by atoms with van der Waals surface area (Å²) in [6, 6.07) is 4.63. The van der Waals surface area contributed by atoms with Gasteiger partial charge < -0.3 is 25.2 Å². The summed E-state index contributed by atoms with van der Waals surface area (Å²) in [5.41, 5.74) is -6.44. The molecule has 4 N–H and O–H groups in total. The minimum atomic E-state index is -2.83. The van der Waals surface area contributed by atoms with Crippen molar-refractivity contribution in [3.05, 3.63) is 52.0 Å². The van der Waals surface area contributed by atoms with E-state index in [9.17, 15) is 44.4 Å². The van der Waals surface area contributed by atoms with Gasteiger partial charge in [-0.05, 0) is 56.1 Å². The lowest BCUT2D eigenvalue weighted by molar-refractivity contribution is -0.193. The largest absolute Gasteiger partial charge is 0.511 e. The Morgan fingerprint density at radius 3 is 2.14 bits per heavy atom. The van der Waals surface area contributed by atoms with Crippen LogP contribution in [0.4, 0.5) is 0 Å². The first-order valence-electron chi connectivity index (χ1n) is 14.9. The van der Waals surface area contributed by atoms with Gasteiger partial charge in [-0.2, -0.15) is 0 Å². The molecule has 0 radical (unpaired) electrons. The molecule has 43 heavy (non-hydrogen) atoms. The Morgan fingerprint density at radius 1 is 0.977 bits per heavy atom. The summed E-state index contributed by atoms with van der Waals surface area (Å²) < 4.78 is 0. The first-order valence-corrected chi connectivity index (χ1v) is 14.9. The van der Waals surface area contributed by atoms with Crippen LogP contribution in [0.2, 0.25) is 0 Å². The molecule has 0 saturated carbocycles. The number of carbonyl (C=O) groups excluding carboxylic acids is 5. The number of phenols is 1. The fourth-order valence-corrected chi connectivity index (χ4v) is 8.55. The van der Waals surface area contributed by atoms with Crippen molar-refractivity contribution >= 4 is 28.9 Å². The van der Waals surface area contributed by atoms with E-state index in [1.165, 1.54) is 13.0 Å². The van der Waals surface area contributed by atoms with E-state index in [1.54, 1.807) is 39.8 Å². The first-order chi connectivity index (χ1) is 19.9. The van der Waals surface area contributed by atoms with Crippen LogP contribution in [0.5, 0.6) is 5.75 Å². The molecular formula is C34H42O9. The smallest absolute Gasteiger partial charge is 0.209 e. The minimum Gasteiger partial charge on any atom is -0.511 e. The van der Waals surface area contributed by atoms with Crippen LogP contribution in [-0.4, -0.2) is 54.9 Å². The SMILES string of the molecule is CC(=O)CCCCC(=O)C[C@@H]1[C@]2(C)C(=C(O)[C@@]3(O)C(=O)C(C(C)=O)=C(O)C(C(C)C)[C@@]13C)C(=O)c1c(O)cccc1[C@H]2C. The molecule has 1 aromatic rings. The van der Waals surface area contributed by atoms with Gasteiger partial charge in [0.2, 0.25) is 5.78 Å². The molecule has 3 aliphatic carbocycles. The average molecular weight is 595 g/mol. The van der Waals surface area contributed by atoms with Gasteiger partial charge >= 0.3 is 0 Å². The Labute approximate surface area is 251 Å². The van der Waals surface area contributed by atoms with Crippen molar-refractivity contribution in [1.29, 1.82) is 0 Å². The van der Waals surface area contributed by atoms with Gasteiger partial charge in [0.25, 0.3) is 0 Å². The maximum atomic E-state index is 14.2. The van der Waals surface area contributed by atoms with Crippen LogP contribution in [0.3, 0.4) is 0 Å². The van der Waals surface area contributed by atoms with E-state index in [0.717, 1.165) is 6.92 Å². The summed E-state index contributed by atoms with van der Waals surface area (Å²) in [6.45, 7) is 11.1. The molecule has 0 fully saturated rings. The van der Waals surface area contributed by atoms with E-state index in [1.807, 2.05) is 6.92 Å². The number of hydrogen-bond acceptors (Lipinski definition) is 9. The highest BCUT2D eigenvalue weighted by molar-refractivity contribution is 6.25. The van der Waals surface area contributed by atoms with Crippen molar-refractivity contribution in [2.24, 2.45) is 28.6 Å². The normalized spacial score (nSPS) is 32.0. The lowest BCUT2D eigenvalue weighted by atomic mass is 9.38. The molecule has 9 heteroatoms. The highest BCUT2D eigenvalue weighted by Gasteiger charge is 2.75. The number of rotatable bonds is 9. The van der Waals surface area contributed by atoms with E-state index in [4.69, 9.17) is 0 Å². The van der Waals surface area contributed by atoms with E-state index in [0.29, 0.717) is 24.8 Å². The predicted molar refractivity (Wildman–Crippen MR) is 158 cm³/mol. The molecule has 0 amide bonds. The second kappa shape index (κ2) is 10.8. The molecule has 0 spiro atoms. The number of aliphatic hydroxyl groups is 3. The first kappa shape index (κ1) is 32.3. The standard InChI is InChI=1S/C34H42O9/c1-16(2)26-28(39)24(19(5)36)30(41)34(43)31(42)27-29(40)25-21(13-10-14-22(25)38)18(4)32(27,6)23(33(26,34)7)15-20(37)12-9-8-11-17(3)35/h10,13-14,16,18,23,26,38-39,42-43H,8-9,11-12,15H2,1-7H3/t18-,23-,26?,32-,33-,34+/m1/s1. The maximum Gasteiger partial charge on any atom is 0.209 e. The van der Waals surface area contributed by atoms with Gasteiger partial charge in [-0.3, -0.25) is 19.2 Å². The maximum absolute atomic E-state index is 14.2. The van der Waals surface area contributed by atoms with Crippen molar-refractivity contribution < 1.29 is 44.4 Å². The van der Waals surface area contributed by atoms with Crippen LogP contribution in [0, 0.1) is 28.6 Å². The lowest BCUT2D eigenvalue weighted by Crippen LogP contribution is -2.71.